The highest BCUT2D eigenvalue weighted by molar-refractivity contribution is 9.10. The summed E-state index contributed by atoms with van der Waals surface area (Å²) in [5.41, 5.74) is 0.736. The van der Waals surface area contributed by atoms with Crippen LogP contribution in [0.5, 0.6) is 0 Å². The molecule has 0 aromatic heterocycles. The third-order valence-corrected chi connectivity index (χ3v) is 4.68. The summed E-state index contributed by atoms with van der Waals surface area (Å²) in [5, 5.41) is 0. The van der Waals surface area contributed by atoms with Crippen LogP contribution in [0, 0.1) is 17.7 Å². The van der Waals surface area contributed by atoms with Crippen LogP contribution >= 0.6 is 15.9 Å². The maximum Gasteiger partial charge on any atom is 0.233 e. The van der Waals surface area contributed by atoms with Crippen LogP contribution in [0.25, 0.3) is 0 Å². The molecule has 1 fully saturated rings. The molecule has 1 heterocycles. The summed E-state index contributed by atoms with van der Waals surface area (Å²) in [6, 6.07) is 4.27. The van der Waals surface area contributed by atoms with Crippen molar-refractivity contribution < 1.29 is 14.0 Å². The second-order valence-corrected chi connectivity index (χ2v) is 6.01. The van der Waals surface area contributed by atoms with Crippen molar-refractivity contribution in [2.24, 2.45) is 11.8 Å². The Hall–Kier alpha value is -1.49. The normalized spacial score (nSPS) is 25.2. The van der Waals surface area contributed by atoms with Crippen molar-refractivity contribution in [2.45, 2.75) is 19.4 Å². The van der Waals surface area contributed by atoms with E-state index in [1.54, 1.807) is 6.07 Å². The van der Waals surface area contributed by atoms with E-state index in [1.807, 2.05) is 12.2 Å². The highest BCUT2D eigenvalue weighted by atomic mass is 79.9. The zero-order chi connectivity index (χ0) is 14.3. The van der Waals surface area contributed by atoms with Crippen molar-refractivity contribution >= 4 is 27.7 Å². The second kappa shape index (κ2) is 5.13. The highest BCUT2D eigenvalue weighted by Gasteiger charge is 2.47. The third kappa shape index (κ3) is 2.20. The maximum atomic E-state index is 13.1. The van der Waals surface area contributed by atoms with Crippen LogP contribution in [0.2, 0.25) is 0 Å². The van der Waals surface area contributed by atoms with Gasteiger partial charge in [0.25, 0.3) is 0 Å². The summed E-state index contributed by atoms with van der Waals surface area (Å²) >= 11 is 3.27. The maximum absolute atomic E-state index is 13.1. The Labute approximate surface area is 124 Å². The molecule has 3 rings (SSSR count). The fourth-order valence-electron chi connectivity index (χ4n) is 2.85. The average molecular weight is 338 g/mol. The van der Waals surface area contributed by atoms with Gasteiger partial charge in [-0.1, -0.05) is 34.1 Å². The predicted octanol–water partition coefficient (Wildman–Crippen LogP) is 3.04. The quantitative estimate of drug-likeness (QED) is 0.614. The zero-order valence-corrected chi connectivity index (χ0v) is 12.3. The lowest BCUT2D eigenvalue weighted by Gasteiger charge is -2.15. The van der Waals surface area contributed by atoms with Gasteiger partial charge in [-0.2, -0.15) is 0 Å². The van der Waals surface area contributed by atoms with Crippen molar-refractivity contribution in [1.82, 2.24) is 4.90 Å². The van der Waals surface area contributed by atoms with Crippen molar-refractivity contribution in [3.63, 3.8) is 0 Å². The van der Waals surface area contributed by atoms with Crippen LogP contribution in [0.1, 0.15) is 18.4 Å². The van der Waals surface area contributed by atoms with Gasteiger partial charge in [-0.3, -0.25) is 14.5 Å². The first-order chi connectivity index (χ1) is 9.58. The number of rotatable bonds is 2. The van der Waals surface area contributed by atoms with Crippen LogP contribution in [0.4, 0.5) is 4.39 Å². The number of amides is 2. The molecule has 1 aromatic carbocycles. The molecule has 2 aliphatic rings. The highest BCUT2D eigenvalue weighted by Crippen LogP contribution is 2.36. The molecule has 1 aromatic rings. The summed E-state index contributed by atoms with van der Waals surface area (Å²) in [6.07, 6.45) is 5.19. The largest absolute Gasteiger partial charge is 0.278 e. The summed E-state index contributed by atoms with van der Waals surface area (Å²) in [7, 11) is 0. The Morgan fingerprint density at radius 3 is 2.30 bits per heavy atom. The summed E-state index contributed by atoms with van der Waals surface area (Å²) in [4.78, 5) is 25.9. The molecule has 20 heavy (non-hydrogen) atoms. The molecular formula is C15H13BrFNO2. The molecule has 104 valence electrons. The molecule has 0 radical (unpaired) electrons. The molecule has 0 N–H and O–H groups in total. The molecule has 0 bridgehead atoms. The third-order valence-electron chi connectivity index (χ3n) is 3.94. The van der Waals surface area contributed by atoms with E-state index in [9.17, 15) is 14.0 Å². The first kappa shape index (κ1) is 13.5. The number of nitrogens with zero attached hydrogens (tertiary/aromatic N) is 1. The summed E-state index contributed by atoms with van der Waals surface area (Å²) in [5.74, 6) is -1.00. The number of likely N-dealkylation sites (tertiary alicyclic amines) is 1. The topological polar surface area (TPSA) is 37.4 Å². The first-order valence-corrected chi connectivity index (χ1v) is 7.31. The molecular weight excluding hydrogens is 325 g/mol. The number of allylic oxidation sites excluding steroid dienone is 2. The number of carbonyl (C=O) groups is 2. The lowest BCUT2D eigenvalue weighted by molar-refractivity contribution is -0.140. The number of hydrogen-bond acceptors (Lipinski definition) is 2. The van der Waals surface area contributed by atoms with Gasteiger partial charge in [0.1, 0.15) is 5.82 Å². The van der Waals surface area contributed by atoms with Gasteiger partial charge in [0.2, 0.25) is 11.8 Å². The number of carbonyl (C=O) groups excluding carboxylic acids is 2. The van der Waals surface area contributed by atoms with E-state index in [4.69, 9.17) is 0 Å². The Bertz CT molecular complexity index is 588. The molecule has 2 amide bonds. The number of benzene rings is 1. The molecule has 1 saturated heterocycles. The van der Waals surface area contributed by atoms with Crippen LogP contribution in [0.15, 0.2) is 34.8 Å². The van der Waals surface area contributed by atoms with Gasteiger partial charge in [0.05, 0.1) is 18.4 Å². The monoisotopic (exact) mass is 337 g/mol. The number of halogens is 2. The number of fused-ring (bicyclic) bond motifs is 1. The van der Waals surface area contributed by atoms with Crippen molar-refractivity contribution in [3.05, 3.63) is 46.2 Å². The predicted molar refractivity (Wildman–Crippen MR) is 75.0 cm³/mol. The van der Waals surface area contributed by atoms with E-state index in [2.05, 4.69) is 15.9 Å². The van der Waals surface area contributed by atoms with Gasteiger partial charge in [-0.15, -0.1) is 0 Å². The van der Waals surface area contributed by atoms with Crippen molar-refractivity contribution in [3.8, 4) is 0 Å². The molecule has 0 unspecified atom stereocenters. The van der Waals surface area contributed by atoms with E-state index >= 15 is 0 Å². The lowest BCUT2D eigenvalue weighted by Crippen LogP contribution is -2.30. The van der Waals surface area contributed by atoms with Gasteiger partial charge in [-0.05, 0) is 30.5 Å². The van der Waals surface area contributed by atoms with Gasteiger partial charge >= 0.3 is 0 Å². The Morgan fingerprint density at radius 2 is 1.75 bits per heavy atom. The second-order valence-electron chi connectivity index (χ2n) is 5.15. The first-order valence-electron chi connectivity index (χ1n) is 6.52. The van der Waals surface area contributed by atoms with E-state index < -0.39 is 0 Å². The van der Waals surface area contributed by atoms with Crippen LogP contribution in [0.3, 0.4) is 0 Å². The van der Waals surface area contributed by atoms with E-state index in [-0.39, 0.29) is 36.0 Å². The van der Waals surface area contributed by atoms with Crippen molar-refractivity contribution in [2.75, 3.05) is 0 Å². The minimum Gasteiger partial charge on any atom is -0.278 e. The van der Waals surface area contributed by atoms with Crippen LogP contribution in [-0.2, 0) is 16.1 Å². The molecule has 3 nitrogen and oxygen atoms in total. The van der Waals surface area contributed by atoms with Crippen LogP contribution < -0.4 is 0 Å². The van der Waals surface area contributed by atoms with Crippen LogP contribution in [-0.4, -0.2) is 16.7 Å². The zero-order valence-electron chi connectivity index (χ0n) is 10.7. The standard InChI is InChI=1S/C15H13BrFNO2/c16-13-7-10(17)6-5-9(13)8-18-14(19)11-3-1-2-4-12(11)15(18)20/h1-2,5-7,11-12H,3-4,8H2/t11-,12+. The average Bonchev–Trinajstić information content (AvgIpc) is 2.67. The Kier molecular flexibility index (Phi) is 3.46. The Morgan fingerprint density at radius 1 is 1.15 bits per heavy atom. The minimum absolute atomic E-state index is 0.111. The fourth-order valence-corrected chi connectivity index (χ4v) is 3.32. The molecule has 5 heteroatoms. The minimum atomic E-state index is -0.349. The van der Waals surface area contributed by atoms with Gasteiger partial charge in [0, 0.05) is 4.47 Å². The van der Waals surface area contributed by atoms with Gasteiger partial charge in [-0.25, -0.2) is 4.39 Å². The molecule has 1 aliphatic carbocycles. The smallest absolute Gasteiger partial charge is 0.233 e. The Balaban J connectivity index is 1.84. The molecule has 1 aliphatic heterocycles. The fraction of sp³-hybridized carbons (Fsp3) is 0.333. The molecule has 2 atom stereocenters. The van der Waals surface area contributed by atoms with E-state index in [1.165, 1.54) is 17.0 Å². The van der Waals surface area contributed by atoms with E-state index in [0.29, 0.717) is 17.3 Å². The van der Waals surface area contributed by atoms with E-state index in [0.717, 1.165) is 5.56 Å². The lowest BCUT2D eigenvalue weighted by atomic mass is 9.85. The summed E-state index contributed by atoms with van der Waals surface area (Å²) in [6.45, 7) is 0.200. The molecule has 0 spiro atoms. The van der Waals surface area contributed by atoms with Gasteiger partial charge in [0.15, 0.2) is 0 Å². The number of imide groups is 1. The van der Waals surface area contributed by atoms with Crippen molar-refractivity contribution in [1.29, 1.82) is 0 Å². The molecule has 0 saturated carbocycles. The SMILES string of the molecule is O=C1[C@H]2CC=CC[C@H]2C(=O)N1Cc1ccc(F)cc1Br. The number of hydrogen-bond donors (Lipinski definition) is 0. The summed E-state index contributed by atoms with van der Waals surface area (Å²) < 4.78 is 13.6. The van der Waals surface area contributed by atoms with Gasteiger partial charge < -0.3 is 0 Å².